The maximum absolute atomic E-state index is 13.2. The Kier molecular flexibility index (Phi) is 7.00. The molecule has 5 rings (SSSR count). The number of anilines is 1. The van der Waals surface area contributed by atoms with Crippen LogP contribution >= 0.6 is 11.3 Å². The van der Waals surface area contributed by atoms with E-state index >= 15 is 0 Å². The highest BCUT2D eigenvalue weighted by molar-refractivity contribution is 7.89. The number of aromatic nitrogens is 1. The zero-order chi connectivity index (χ0) is 25.1. The molecule has 3 aromatic carbocycles. The first kappa shape index (κ1) is 24.4. The molecule has 1 aromatic heterocycles. The van der Waals surface area contributed by atoms with Gasteiger partial charge in [-0.3, -0.25) is 4.79 Å². The predicted octanol–water partition coefficient (Wildman–Crippen LogP) is 5.50. The van der Waals surface area contributed by atoms with Gasteiger partial charge in [-0.15, -0.1) is 11.3 Å². The van der Waals surface area contributed by atoms with Crippen LogP contribution in [0.15, 0.2) is 89.1 Å². The van der Waals surface area contributed by atoms with Crippen LogP contribution in [0.5, 0.6) is 0 Å². The highest BCUT2D eigenvalue weighted by Gasteiger charge is 2.39. The maximum atomic E-state index is 13.2. The number of rotatable bonds is 7. The van der Waals surface area contributed by atoms with Crippen molar-refractivity contribution in [3.05, 3.63) is 101 Å². The van der Waals surface area contributed by atoms with E-state index in [0.29, 0.717) is 24.5 Å². The van der Waals surface area contributed by atoms with Crippen LogP contribution in [0.1, 0.15) is 29.5 Å². The lowest BCUT2D eigenvalue weighted by atomic mass is 10.0. The first-order chi connectivity index (χ1) is 17.4. The van der Waals surface area contributed by atoms with Crippen molar-refractivity contribution in [2.24, 2.45) is 0 Å². The number of carbonyl (C=O) groups excluding carboxylic acids is 1. The van der Waals surface area contributed by atoms with E-state index < -0.39 is 16.1 Å². The fourth-order valence-corrected chi connectivity index (χ4v) is 6.79. The number of nitrogens with zero attached hydrogens (tertiary/aromatic N) is 2. The van der Waals surface area contributed by atoms with Crippen molar-refractivity contribution in [3.63, 3.8) is 0 Å². The van der Waals surface area contributed by atoms with Gasteiger partial charge in [0.2, 0.25) is 15.9 Å². The van der Waals surface area contributed by atoms with Gasteiger partial charge < -0.3 is 5.32 Å². The van der Waals surface area contributed by atoms with Gasteiger partial charge in [-0.05, 0) is 49.4 Å². The van der Waals surface area contributed by atoms with Crippen LogP contribution in [-0.4, -0.2) is 36.2 Å². The molecule has 1 atom stereocenters. The van der Waals surface area contributed by atoms with Crippen molar-refractivity contribution in [1.29, 1.82) is 0 Å². The third-order valence-corrected chi connectivity index (χ3v) is 9.05. The fourth-order valence-electron chi connectivity index (χ4n) is 4.41. The maximum Gasteiger partial charge on any atom is 0.244 e. The van der Waals surface area contributed by atoms with Crippen molar-refractivity contribution < 1.29 is 13.2 Å². The van der Waals surface area contributed by atoms with Crippen LogP contribution in [0, 0.1) is 6.92 Å². The van der Waals surface area contributed by atoms with Gasteiger partial charge in [-0.1, -0.05) is 72.3 Å². The zero-order valence-electron chi connectivity index (χ0n) is 19.9. The average Bonchev–Trinajstić information content (AvgIpc) is 3.56. The summed E-state index contributed by atoms with van der Waals surface area (Å²) >= 11 is 1.33. The Balaban J connectivity index is 1.26. The quantitative estimate of drug-likeness (QED) is 0.351. The average molecular weight is 518 g/mol. The smallest absolute Gasteiger partial charge is 0.244 e. The summed E-state index contributed by atoms with van der Waals surface area (Å²) in [5.74, 6) is -0.345. The van der Waals surface area contributed by atoms with Gasteiger partial charge in [0.1, 0.15) is 6.04 Å². The summed E-state index contributed by atoms with van der Waals surface area (Å²) in [7, 11) is -3.75. The van der Waals surface area contributed by atoms with Crippen LogP contribution in [0.3, 0.4) is 0 Å². The molecular weight excluding hydrogens is 490 g/mol. The summed E-state index contributed by atoms with van der Waals surface area (Å²) in [6, 6.07) is 24.5. The van der Waals surface area contributed by atoms with Crippen molar-refractivity contribution in [2.45, 2.75) is 37.1 Å². The first-order valence-corrected chi connectivity index (χ1v) is 14.2. The number of amides is 1. The van der Waals surface area contributed by atoms with Crippen molar-refractivity contribution in [1.82, 2.24) is 9.29 Å². The van der Waals surface area contributed by atoms with Crippen molar-refractivity contribution >= 4 is 32.4 Å². The van der Waals surface area contributed by atoms with Gasteiger partial charge in [0.25, 0.3) is 0 Å². The minimum atomic E-state index is -3.75. The number of thiazole rings is 1. The molecule has 1 aliphatic heterocycles. The molecule has 1 N–H and O–H groups in total. The normalized spacial score (nSPS) is 16.2. The van der Waals surface area contributed by atoms with Crippen molar-refractivity contribution in [2.75, 3.05) is 11.9 Å². The third-order valence-electron chi connectivity index (χ3n) is 6.37. The SMILES string of the molecule is Cc1ccc(S(=O)(=O)N2CCCC2C(=O)Nc2nc(-c3ccc(Cc4ccccc4)cc3)cs2)cc1. The Bertz CT molecular complexity index is 1450. The van der Waals surface area contributed by atoms with Crippen LogP contribution in [0.4, 0.5) is 5.13 Å². The van der Waals surface area contributed by atoms with Gasteiger partial charge in [0, 0.05) is 17.5 Å². The molecular formula is C28H27N3O3S2. The monoisotopic (exact) mass is 517 g/mol. The summed E-state index contributed by atoms with van der Waals surface area (Å²) in [5.41, 5.74) is 5.19. The highest BCUT2D eigenvalue weighted by Crippen LogP contribution is 2.29. The number of hydrogen-bond acceptors (Lipinski definition) is 5. The van der Waals surface area contributed by atoms with Crippen molar-refractivity contribution in [3.8, 4) is 11.3 Å². The minimum absolute atomic E-state index is 0.208. The molecule has 0 aliphatic carbocycles. The molecule has 8 heteroatoms. The standard InChI is InChI=1S/C28H27N3O3S2/c1-20-9-15-24(16-10-20)36(33,34)31-17-5-8-26(31)27(32)30-28-29-25(19-35-28)23-13-11-22(12-14-23)18-21-6-3-2-4-7-21/h2-4,6-7,9-16,19,26H,5,8,17-18H2,1H3,(H,29,30,32). The number of benzene rings is 3. The molecule has 1 unspecified atom stereocenters. The third kappa shape index (κ3) is 5.26. The molecule has 1 amide bonds. The number of sulfonamides is 1. The molecule has 184 valence electrons. The molecule has 36 heavy (non-hydrogen) atoms. The zero-order valence-corrected chi connectivity index (χ0v) is 21.6. The summed E-state index contributed by atoms with van der Waals surface area (Å²) < 4.78 is 27.7. The number of carbonyl (C=O) groups is 1. The largest absolute Gasteiger partial charge is 0.301 e. The van der Waals surface area contributed by atoms with Gasteiger partial charge in [-0.25, -0.2) is 13.4 Å². The van der Waals surface area contributed by atoms with E-state index in [1.165, 1.54) is 26.8 Å². The second-order valence-corrected chi connectivity index (χ2v) is 11.7. The van der Waals surface area contributed by atoms with Crippen LogP contribution in [0.2, 0.25) is 0 Å². The Labute approximate surface area is 215 Å². The lowest BCUT2D eigenvalue weighted by Crippen LogP contribution is -2.43. The van der Waals surface area contributed by atoms with E-state index in [9.17, 15) is 13.2 Å². The number of nitrogens with one attached hydrogen (secondary N) is 1. The summed E-state index contributed by atoms with van der Waals surface area (Å²) in [4.78, 5) is 17.9. The Hall–Kier alpha value is -3.33. The molecule has 0 saturated carbocycles. The molecule has 4 aromatic rings. The van der Waals surface area contributed by atoms with Gasteiger partial charge >= 0.3 is 0 Å². The topological polar surface area (TPSA) is 79.4 Å². The fraction of sp³-hybridized carbons (Fsp3) is 0.214. The molecule has 1 saturated heterocycles. The molecule has 0 spiro atoms. The van der Waals surface area contributed by atoms with Crippen LogP contribution in [0.25, 0.3) is 11.3 Å². The molecule has 0 bridgehead atoms. The number of aryl methyl sites for hydroxylation is 1. The molecule has 2 heterocycles. The Morgan fingerprint density at radius 3 is 2.42 bits per heavy atom. The lowest BCUT2D eigenvalue weighted by molar-refractivity contribution is -0.119. The molecule has 1 fully saturated rings. The summed E-state index contributed by atoms with van der Waals surface area (Å²) in [6.45, 7) is 2.23. The van der Waals surface area contributed by atoms with E-state index in [-0.39, 0.29) is 10.8 Å². The van der Waals surface area contributed by atoms with Gasteiger partial charge in [-0.2, -0.15) is 4.31 Å². The Morgan fingerprint density at radius 1 is 1.00 bits per heavy atom. The van der Waals surface area contributed by atoms with Crippen LogP contribution < -0.4 is 5.32 Å². The lowest BCUT2D eigenvalue weighted by Gasteiger charge is -2.23. The van der Waals surface area contributed by atoms with E-state index in [1.807, 2.05) is 42.6 Å². The summed E-state index contributed by atoms with van der Waals surface area (Å²) in [6.07, 6.45) is 1.99. The second kappa shape index (κ2) is 10.3. The number of hydrogen-bond donors (Lipinski definition) is 1. The van der Waals surface area contributed by atoms with E-state index in [4.69, 9.17) is 0 Å². The van der Waals surface area contributed by atoms with E-state index in [2.05, 4.69) is 34.6 Å². The highest BCUT2D eigenvalue weighted by atomic mass is 32.2. The second-order valence-electron chi connectivity index (χ2n) is 8.97. The van der Waals surface area contributed by atoms with E-state index in [1.54, 1.807) is 24.3 Å². The van der Waals surface area contributed by atoms with Crippen LogP contribution in [-0.2, 0) is 21.2 Å². The van der Waals surface area contributed by atoms with Gasteiger partial charge in [0.05, 0.1) is 10.6 Å². The summed E-state index contributed by atoms with van der Waals surface area (Å²) in [5, 5.41) is 5.20. The van der Waals surface area contributed by atoms with E-state index in [0.717, 1.165) is 23.2 Å². The van der Waals surface area contributed by atoms with Gasteiger partial charge in [0.15, 0.2) is 5.13 Å². The predicted molar refractivity (Wildman–Crippen MR) is 144 cm³/mol. The minimum Gasteiger partial charge on any atom is -0.301 e. The molecule has 6 nitrogen and oxygen atoms in total. The molecule has 0 radical (unpaired) electrons. The Morgan fingerprint density at radius 2 is 1.69 bits per heavy atom. The molecule has 1 aliphatic rings. The first-order valence-electron chi connectivity index (χ1n) is 11.9.